The van der Waals surface area contributed by atoms with Crippen molar-refractivity contribution in [2.24, 2.45) is 5.92 Å². The quantitative estimate of drug-likeness (QED) is 0.646. The zero-order valence-corrected chi connectivity index (χ0v) is 8.88. The number of carbonyl (C=O) groups excluding carboxylic acids is 1. The molecule has 0 aromatic rings. The number of hydrogen-bond acceptors (Lipinski definition) is 2. The van der Waals surface area contributed by atoms with E-state index in [1.165, 1.54) is 6.42 Å². The molecule has 1 atom stereocenters. The maximum Gasteiger partial charge on any atom is 0.233 e. The first-order chi connectivity index (χ1) is 6.83. The molecule has 3 heteroatoms. The van der Waals surface area contributed by atoms with Gasteiger partial charge in [-0.1, -0.05) is 19.1 Å². The van der Waals surface area contributed by atoms with E-state index in [0.29, 0.717) is 12.5 Å². The second kappa shape index (κ2) is 6.60. The molecule has 0 fully saturated rings. The van der Waals surface area contributed by atoms with Crippen LogP contribution in [0.3, 0.4) is 0 Å². The van der Waals surface area contributed by atoms with Crippen molar-refractivity contribution in [1.82, 2.24) is 10.6 Å². The van der Waals surface area contributed by atoms with Crippen LogP contribution in [-0.4, -0.2) is 25.5 Å². The van der Waals surface area contributed by atoms with E-state index in [9.17, 15) is 4.79 Å². The van der Waals surface area contributed by atoms with Crippen molar-refractivity contribution in [2.45, 2.75) is 26.2 Å². The Hall–Kier alpha value is -0.830. The minimum absolute atomic E-state index is 0.112. The topological polar surface area (TPSA) is 41.1 Å². The van der Waals surface area contributed by atoms with Crippen LogP contribution < -0.4 is 10.6 Å². The van der Waals surface area contributed by atoms with E-state index in [0.717, 1.165) is 25.9 Å². The fourth-order valence-corrected chi connectivity index (χ4v) is 1.60. The van der Waals surface area contributed by atoms with Gasteiger partial charge in [0.15, 0.2) is 0 Å². The van der Waals surface area contributed by atoms with Crippen LogP contribution in [0, 0.1) is 5.92 Å². The first kappa shape index (κ1) is 11.2. The molecule has 0 aromatic heterocycles. The van der Waals surface area contributed by atoms with Gasteiger partial charge in [0.25, 0.3) is 0 Å². The Morgan fingerprint density at radius 3 is 3.00 bits per heavy atom. The van der Waals surface area contributed by atoms with E-state index >= 15 is 0 Å². The van der Waals surface area contributed by atoms with Gasteiger partial charge in [-0.2, -0.15) is 0 Å². The van der Waals surface area contributed by atoms with Crippen molar-refractivity contribution in [3.63, 3.8) is 0 Å². The van der Waals surface area contributed by atoms with E-state index < -0.39 is 0 Å². The molecule has 80 valence electrons. The van der Waals surface area contributed by atoms with Gasteiger partial charge in [0, 0.05) is 6.54 Å². The normalized spacial score (nSPS) is 20.8. The van der Waals surface area contributed by atoms with Gasteiger partial charge in [0.1, 0.15) is 0 Å². The molecule has 0 aromatic carbocycles. The summed E-state index contributed by atoms with van der Waals surface area (Å²) in [5, 5.41) is 5.96. The maximum absolute atomic E-state index is 11.3. The third kappa shape index (κ3) is 4.42. The van der Waals surface area contributed by atoms with E-state index in [1.54, 1.807) is 0 Å². The fraction of sp³-hybridized carbons (Fsp3) is 0.727. The second-order valence-corrected chi connectivity index (χ2v) is 3.73. The SMILES string of the molecule is CCNCC(=O)NCC1CC=CCC1. The molecule has 2 N–H and O–H groups in total. The number of nitrogens with one attached hydrogen (secondary N) is 2. The van der Waals surface area contributed by atoms with E-state index in [2.05, 4.69) is 22.8 Å². The van der Waals surface area contributed by atoms with Gasteiger partial charge in [-0.25, -0.2) is 0 Å². The first-order valence-corrected chi connectivity index (χ1v) is 5.45. The van der Waals surface area contributed by atoms with Gasteiger partial charge in [0.2, 0.25) is 5.91 Å². The molecule has 0 spiro atoms. The minimum Gasteiger partial charge on any atom is -0.355 e. The molecular formula is C11H20N2O. The smallest absolute Gasteiger partial charge is 0.233 e. The molecule has 1 unspecified atom stereocenters. The minimum atomic E-state index is 0.112. The number of amides is 1. The summed E-state index contributed by atoms with van der Waals surface area (Å²) in [6.07, 6.45) is 7.91. The standard InChI is InChI=1S/C11H20N2O/c1-2-12-9-11(14)13-8-10-6-4-3-5-7-10/h3-4,10,12H,2,5-9H2,1H3,(H,13,14). The summed E-state index contributed by atoms with van der Waals surface area (Å²) in [6.45, 7) is 4.12. The van der Waals surface area contributed by atoms with Crippen molar-refractivity contribution < 1.29 is 4.79 Å². The molecule has 3 nitrogen and oxygen atoms in total. The van der Waals surface area contributed by atoms with Gasteiger partial charge in [0.05, 0.1) is 6.54 Å². The molecule has 1 rings (SSSR count). The largest absolute Gasteiger partial charge is 0.355 e. The predicted octanol–water partition coefficient (Wildman–Crippen LogP) is 1.07. The van der Waals surface area contributed by atoms with Gasteiger partial charge in [-0.3, -0.25) is 4.79 Å². The highest BCUT2D eigenvalue weighted by Gasteiger charge is 2.10. The lowest BCUT2D eigenvalue weighted by atomic mass is 9.94. The van der Waals surface area contributed by atoms with Crippen LogP contribution in [0.2, 0.25) is 0 Å². The first-order valence-electron chi connectivity index (χ1n) is 5.45. The average Bonchev–Trinajstić information content (AvgIpc) is 2.25. The van der Waals surface area contributed by atoms with E-state index in [-0.39, 0.29) is 5.91 Å². The average molecular weight is 196 g/mol. The third-order valence-electron chi connectivity index (χ3n) is 2.50. The molecule has 14 heavy (non-hydrogen) atoms. The summed E-state index contributed by atoms with van der Waals surface area (Å²) >= 11 is 0. The van der Waals surface area contributed by atoms with Crippen LogP contribution in [0.25, 0.3) is 0 Å². The van der Waals surface area contributed by atoms with Crippen LogP contribution in [0.5, 0.6) is 0 Å². The Morgan fingerprint density at radius 2 is 2.36 bits per heavy atom. The number of likely N-dealkylation sites (N-methyl/N-ethyl adjacent to an activating group) is 1. The van der Waals surface area contributed by atoms with Crippen LogP contribution in [0.15, 0.2) is 12.2 Å². The van der Waals surface area contributed by atoms with Gasteiger partial charge >= 0.3 is 0 Å². The van der Waals surface area contributed by atoms with Crippen LogP contribution in [0.1, 0.15) is 26.2 Å². The van der Waals surface area contributed by atoms with Crippen LogP contribution >= 0.6 is 0 Å². The molecule has 1 aliphatic carbocycles. The monoisotopic (exact) mass is 196 g/mol. The molecule has 0 bridgehead atoms. The molecule has 0 saturated heterocycles. The Morgan fingerprint density at radius 1 is 1.50 bits per heavy atom. The molecule has 1 aliphatic rings. The summed E-state index contributed by atoms with van der Waals surface area (Å²) in [4.78, 5) is 11.3. The summed E-state index contributed by atoms with van der Waals surface area (Å²) in [6, 6.07) is 0. The maximum atomic E-state index is 11.3. The summed E-state index contributed by atoms with van der Waals surface area (Å²) in [5.74, 6) is 0.756. The predicted molar refractivity (Wildman–Crippen MR) is 58.0 cm³/mol. The lowest BCUT2D eigenvalue weighted by Crippen LogP contribution is -2.36. The lowest BCUT2D eigenvalue weighted by Gasteiger charge is -2.18. The van der Waals surface area contributed by atoms with Gasteiger partial charge in [-0.15, -0.1) is 0 Å². The Kier molecular flexibility index (Phi) is 5.30. The number of hydrogen-bond donors (Lipinski definition) is 2. The molecule has 0 radical (unpaired) electrons. The van der Waals surface area contributed by atoms with Gasteiger partial charge < -0.3 is 10.6 Å². The number of allylic oxidation sites excluding steroid dienone is 2. The second-order valence-electron chi connectivity index (χ2n) is 3.73. The highest BCUT2D eigenvalue weighted by atomic mass is 16.1. The number of rotatable bonds is 5. The Labute approximate surface area is 86.0 Å². The summed E-state index contributed by atoms with van der Waals surface area (Å²) in [5.41, 5.74) is 0. The molecule has 0 saturated carbocycles. The lowest BCUT2D eigenvalue weighted by molar-refractivity contribution is -0.120. The van der Waals surface area contributed by atoms with E-state index in [4.69, 9.17) is 0 Å². The van der Waals surface area contributed by atoms with Gasteiger partial charge in [-0.05, 0) is 31.7 Å². The van der Waals surface area contributed by atoms with Crippen molar-refractivity contribution in [3.05, 3.63) is 12.2 Å². The highest BCUT2D eigenvalue weighted by Crippen LogP contribution is 2.16. The zero-order valence-electron chi connectivity index (χ0n) is 8.88. The number of carbonyl (C=O) groups is 1. The zero-order chi connectivity index (χ0) is 10.2. The van der Waals surface area contributed by atoms with Crippen molar-refractivity contribution >= 4 is 5.91 Å². The van der Waals surface area contributed by atoms with Crippen LogP contribution in [-0.2, 0) is 4.79 Å². The summed E-state index contributed by atoms with van der Waals surface area (Å²) < 4.78 is 0. The van der Waals surface area contributed by atoms with Crippen molar-refractivity contribution in [1.29, 1.82) is 0 Å². The van der Waals surface area contributed by atoms with Crippen molar-refractivity contribution in [2.75, 3.05) is 19.6 Å². The van der Waals surface area contributed by atoms with Crippen LogP contribution in [0.4, 0.5) is 0 Å². The summed E-state index contributed by atoms with van der Waals surface area (Å²) in [7, 11) is 0. The molecule has 0 aliphatic heterocycles. The Balaban J connectivity index is 2.07. The van der Waals surface area contributed by atoms with Crippen molar-refractivity contribution in [3.8, 4) is 0 Å². The Bertz CT molecular complexity index is 201. The molecule has 0 heterocycles. The van der Waals surface area contributed by atoms with E-state index in [1.807, 2.05) is 6.92 Å². The molecule has 1 amide bonds. The fourth-order valence-electron chi connectivity index (χ4n) is 1.60. The molecular weight excluding hydrogens is 176 g/mol. The third-order valence-corrected chi connectivity index (χ3v) is 2.50. The highest BCUT2D eigenvalue weighted by molar-refractivity contribution is 5.77.